The van der Waals surface area contributed by atoms with Crippen molar-refractivity contribution in [1.29, 1.82) is 0 Å². The molecule has 0 atom stereocenters. The van der Waals surface area contributed by atoms with E-state index in [1.807, 2.05) is 0 Å². The topological polar surface area (TPSA) is 128 Å². The maximum Gasteiger partial charge on any atom is 0.337 e. The van der Waals surface area contributed by atoms with Gasteiger partial charge in [0.05, 0.1) is 43.5 Å². The maximum atomic E-state index is 12.7. The summed E-state index contributed by atoms with van der Waals surface area (Å²) in [6, 6.07) is 9.47. The first kappa shape index (κ1) is 23.4. The monoisotopic (exact) mass is 462 g/mol. The van der Waals surface area contributed by atoms with E-state index in [1.54, 1.807) is 0 Å². The van der Waals surface area contributed by atoms with Gasteiger partial charge in [-0.05, 0) is 42.5 Å². The van der Waals surface area contributed by atoms with E-state index >= 15 is 0 Å². The van der Waals surface area contributed by atoms with Crippen LogP contribution in [0.5, 0.6) is 0 Å². The Labute approximate surface area is 185 Å². The van der Waals surface area contributed by atoms with Gasteiger partial charge in [0.25, 0.3) is 5.91 Å². The largest absolute Gasteiger partial charge is 0.465 e. The van der Waals surface area contributed by atoms with Crippen LogP contribution in [-0.2, 0) is 24.2 Å². The highest BCUT2D eigenvalue weighted by atomic mass is 32.2. The Kier molecular flexibility index (Phi) is 7.23. The highest BCUT2D eigenvalue weighted by molar-refractivity contribution is 7.89. The number of benzene rings is 2. The number of sulfonamides is 1. The Balaban J connectivity index is 1.81. The number of carbonyl (C=O) groups excluding carboxylic acids is 3. The molecule has 170 valence electrons. The van der Waals surface area contributed by atoms with Crippen molar-refractivity contribution in [1.82, 2.24) is 4.31 Å². The van der Waals surface area contributed by atoms with Crippen LogP contribution in [0.25, 0.3) is 0 Å². The van der Waals surface area contributed by atoms with Gasteiger partial charge in [0, 0.05) is 24.3 Å². The number of amides is 1. The lowest BCUT2D eigenvalue weighted by atomic mass is 10.1. The van der Waals surface area contributed by atoms with Crippen LogP contribution in [0.4, 0.5) is 5.69 Å². The van der Waals surface area contributed by atoms with Crippen molar-refractivity contribution in [3.63, 3.8) is 0 Å². The van der Waals surface area contributed by atoms with Gasteiger partial charge < -0.3 is 19.5 Å². The number of anilines is 1. The number of hydrogen-bond donors (Lipinski definition) is 1. The van der Waals surface area contributed by atoms with Gasteiger partial charge in [-0.25, -0.2) is 18.0 Å². The molecule has 1 aliphatic heterocycles. The lowest BCUT2D eigenvalue weighted by molar-refractivity contribution is 0.0598. The molecule has 1 heterocycles. The third kappa shape index (κ3) is 5.13. The Hall–Kier alpha value is -3.28. The number of hydrogen-bond acceptors (Lipinski definition) is 8. The number of carbonyl (C=O) groups is 3. The van der Waals surface area contributed by atoms with Gasteiger partial charge in [0.15, 0.2) is 0 Å². The van der Waals surface area contributed by atoms with Gasteiger partial charge in [-0.3, -0.25) is 4.79 Å². The average molecular weight is 462 g/mol. The fourth-order valence-electron chi connectivity index (χ4n) is 3.09. The number of esters is 2. The van der Waals surface area contributed by atoms with E-state index in [9.17, 15) is 22.8 Å². The van der Waals surface area contributed by atoms with Crippen molar-refractivity contribution >= 4 is 33.6 Å². The normalized spacial score (nSPS) is 14.4. The van der Waals surface area contributed by atoms with Crippen LogP contribution in [0.3, 0.4) is 0 Å². The zero-order valence-corrected chi connectivity index (χ0v) is 18.3. The summed E-state index contributed by atoms with van der Waals surface area (Å²) in [5.74, 6) is -1.94. The molecule has 0 aliphatic carbocycles. The summed E-state index contributed by atoms with van der Waals surface area (Å²) in [6.07, 6.45) is 0. The summed E-state index contributed by atoms with van der Waals surface area (Å²) in [5, 5.41) is 2.59. The van der Waals surface area contributed by atoms with Crippen molar-refractivity contribution in [2.45, 2.75) is 4.90 Å². The van der Waals surface area contributed by atoms with Gasteiger partial charge in [-0.2, -0.15) is 4.31 Å². The van der Waals surface area contributed by atoms with Gasteiger partial charge in [0.2, 0.25) is 10.0 Å². The molecule has 1 N–H and O–H groups in total. The third-order valence-corrected chi connectivity index (χ3v) is 6.67. The van der Waals surface area contributed by atoms with E-state index in [-0.39, 0.29) is 40.4 Å². The van der Waals surface area contributed by atoms with Crippen molar-refractivity contribution in [3.8, 4) is 0 Å². The number of nitrogens with zero attached hydrogens (tertiary/aromatic N) is 1. The number of rotatable bonds is 6. The molecule has 0 spiro atoms. The molecule has 0 unspecified atom stereocenters. The minimum Gasteiger partial charge on any atom is -0.465 e. The fraction of sp³-hybridized carbons (Fsp3) is 0.286. The molecule has 0 aromatic heterocycles. The van der Waals surface area contributed by atoms with Crippen LogP contribution >= 0.6 is 0 Å². The van der Waals surface area contributed by atoms with Crippen LogP contribution in [0.2, 0.25) is 0 Å². The number of nitrogens with one attached hydrogen (secondary N) is 1. The van der Waals surface area contributed by atoms with E-state index in [0.29, 0.717) is 13.2 Å². The highest BCUT2D eigenvalue weighted by Gasteiger charge is 2.26. The zero-order valence-electron chi connectivity index (χ0n) is 17.5. The minimum absolute atomic E-state index is 0.0534. The fourth-order valence-corrected chi connectivity index (χ4v) is 4.50. The molecular weight excluding hydrogens is 440 g/mol. The molecule has 2 aromatic rings. The van der Waals surface area contributed by atoms with Crippen molar-refractivity contribution in [3.05, 3.63) is 59.2 Å². The first-order valence-corrected chi connectivity index (χ1v) is 11.0. The molecule has 3 rings (SSSR count). The summed E-state index contributed by atoms with van der Waals surface area (Å²) in [4.78, 5) is 36.5. The number of morpholine rings is 1. The van der Waals surface area contributed by atoms with E-state index in [2.05, 4.69) is 14.8 Å². The van der Waals surface area contributed by atoms with Gasteiger partial charge in [-0.1, -0.05) is 0 Å². The average Bonchev–Trinajstić information content (AvgIpc) is 2.83. The van der Waals surface area contributed by atoms with Gasteiger partial charge >= 0.3 is 11.9 Å². The Bertz CT molecular complexity index is 1090. The molecule has 1 aliphatic rings. The molecular formula is C21H22N2O8S. The molecule has 1 amide bonds. The van der Waals surface area contributed by atoms with E-state index in [4.69, 9.17) is 4.74 Å². The Morgan fingerprint density at radius 2 is 1.41 bits per heavy atom. The minimum atomic E-state index is -3.68. The lowest BCUT2D eigenvalue weighted by Crippen LogP contribution is -2.40. The molecule has 32 heavy (non-hydrogen) atoms. The molecule has 11 heteroatoms. The second-order valence-electron chi connectivity index (χ2n) is 6.78. The quantitative estimate of drug-likeness (QED) is 0.640. The first-order chi connectivity index (χ1) is 15.3. The molecule has 0 saturated carbocycles. The summed E-state index contributed by atoms with van der Waals surface area (Å²) >= 11 is 0. The van der Waals surface area contributed by atoms with Crippen LogP contribution in [0.15, 0.2) is 47.4 Å². The standard InChI is InChI=1S/C21H22N2O8S/c1-29-20(25)15-11-16(21(26)30-2)13-17(12-15)22-19(24)14-3-5-18(6-4-14)32(27,28)23-7-9-31-10-8-23/h3-6,11-13H,7-10H2,1-2H3,(H,22,24). The Morgan fingerprint density at radius 3 is 1.91 bits per heavy atom. The number of ether oxygens (including phenoxy) is 3. The van der Waals surface area contributed by atoms with Crippen molar-refractivity contribution < 1.29 is 37.0 Å². The summed E-state index contributed by atoms with van der Waals surface area (Å²) in [5.41, 5.74) is 0.465. The summed E-state index contributed by atoms with van der Waals surface area (Å²) in [7, 11) is -1.30. The van der Waals surface area contributed by atoms with Crippen molar-refractivity contribution in [2.75, 3.05) is 45.8 Å². The van der Waals surface area contributed by atoms with Crippen LogP contribution in [0.1, 0.15) is 31.1 Å². The van der Waals surface area contributed by atoms with Crippen molar-refractivity contribution in [2.24, 2.45) is 0 Å². The summed E-state index contributed by atoms with van der Waals surface area (Å²) < 4.78 is 41.3. The number of methoxy groups -OCH3 is 2. The van der Waals surface area contributed by atoms with Crippen LogP contribution in [-0.4, -0.2) is 71.1 Å². The Morgan fingerprint density at radius 1 is 0.875 bits per heavy atom. The second-order valence-corrected chi connectivity index (χ2v) is 8.72. The highest BCUT2D eigenvalue weighted by Crippen LogP contribution is 2.20. The smallest absolute Gasteiger partial charge is 0.337 e. The molecule has 0 radical (unpaired) electrons. The maximum absolute atomic E-state index is 12.7. The van der Waals surface area contributed by atoms with E-state index in [1.165, 1.54) is 61.0 Å². The second kappa shape index (κ2) is 9.90. The molecule has 2 aromatic carbocycles. The summed E-state index contributed by atoms with van der Waals surface area (Å²) in [6.45, 7) is 1.20. The van der Waals surface area contributed by atoms with Gasteiger partial charge in [0.1, 0.15) is 0 Å². The van der Waals surface area contributed by atoms with Crippen LogP contribution in [0, 0.1) is 0 Å². The lowest BCUT2D eigenvalue weighted by Gasteiger charge is -2.26. The zero-order chi connectivity index (χ0) is 23.3. The van der Waals surface area contributed by atoms with E-state index < -0.39 is 27.9 Å². The third-order valence-electron chi connectivity index (χ3n) is 4.76. The SMILES string of the molecule is COC(=O)c1cc(NC(=O)c2ccc(S(=O)(=O)N3CCOCC3)cc2)cc(C(=O)OC)c1. The molecule has 1 fully saturated rings. The molecule has 0 bridgehead atoms. The van der Waals surface area contributed by atoms with Gasteiger partial charge in [-0.15, -0.1) is 0 Å². The van der Waals surface area contributed by atoms with E-state index in [0.717, 1.165) is 0 Å². The predicted octanol–water partition coefficient (Wildman–Crippen LogP) is 1.53. The first-order valence-electron chi connectivity index (χ1n) is 9.57. The predicted molar refractivity (Wildman–Crippen MR) is 113 cm³/mol. The molecule has 1 saturated heterocycles. The molecule has 10 nitrogen and oxygen atoms in total. The van der Waals surface area contributed by atoms with Crippen LogP contribution < -0.4 is 5.32 Å².